The predicted octanol–water partition coefficient (Wildman–Crippen LogP) is 0.0908. The molecule has 4 heteroatoms. The standard InChI is InChI=1S/C9H20N2O2/c1-3-11(7-8-13-2)6-4-5-10-9-12/h9H,3-8H2,1-2H3,(H,10,12). The number of nitrogens with zero attached hydrogens (tertiary/aromatic N) is 1. The van der Waals surface area contributed by atoms with E-state index in [0.717, 1.165) is 45.6 Å². The summed E-state index contributed by atoms with van der Waals surface area (Å²) in [4.78, 5) is 12.2. The normalized spacial score (nSPS) is 10.4. The average Bonchev–Trinajstić information content (AvgIpc) is 2.17. The second kappa shape index (κ2) is 9.48. The lowest BCUT2D eigenvalue weighted by Gasteiger charge is -2.19. The van der Waals surface area contributed by atoms with E-state index in [-0.39, 0.29) is 0 Å². The summed E-state index contributed by atoms with van der Waals surface area (Å²) in [5.41, 5.74) is 0. The minimum Gasteiger partial charge on any atom is -0.383 e. The zero-order valence-corrected chi connectivity index (χ0v) is 8.58. The van der Waals surface area contributed by atoms with E-state index in [0.29, 0.717) is 0 Å². The van der Waals surface area contributed by atoms with Crippen molar-refractivity contribution in [2.75, 3.05) is 39.9 Å². The summed E-state index contributed by atoms with van der Waals surface area (Å²) in [5, 5.41) is 2.65. The summed E-state index contributed by atoms with van der Waals surface area (Å²) >= 11 is 0. The molecule has 0 unspecified atom stereocenters. The van der Waals surface area contributed by atoms with Crippen molar-refractivity contribution in [1.82, 2.24) is 10.2 Å². The van der Waals surface area contributed by atoms with Crippen molar-refractivity contribution >= 4 is 6.41 Å². The molecule has 78 valence electrons. The Bertz CT molecular complexity index is 120. The van der Waals surface area contributed by atoms with Crippen LogP contribution in [0.25, 0.3) is 0 Å². The first-order valence-corrected chi connectivity index (χ1v) is 4.73. The zero-order chi connectivity index (χ0) is 9.94. The van der Waals surface area contributed by atoms with E-state index >= 15 is 0 Å². The fourth-order valence-electron chi connectivity index (χ4n) is 1.11. The van der Waals surface area contributed by atoms with Gasteiger partial charge in [-0.15, -0.1) is 0 Å². The third kappa shape index (κ3) is 7.74. The molecule has 0 heterocycles. The smallest absolute Gasteiger partial charge is 0.207 e. The van der Waals surface area contributed by atoms with Crippen LogP contribution in [0.2, 0.25) is 0 Å². The van der Waals surface area contributed by atoms with Crippen LogP contribution in [-0.2, 0) is 9.53 Å². The lowest BCUT2D eigenvalue weighted by atomic mass is 10.3. The molecule has 0 bridgehead atoms. The Morgan fingerprint density at radius 3 is 2.77 bits per heavy atom. The summed E-state index contributed by atoms with van der Waals surface area (Å²) in [6.45, 7) is 6.67. The third-order valence-corrected chi connectivity index (χ3v) is 1.94. The van der Waals surface area contributed by atoms with Gasteiger partial charge in [0.2, 0.25) is 6.41 Å². The summed E-state index contributed by atoms with van der Waals surface area (Å²) in [5.74, 6) is 0. The molecular formula is C9H20N2O2. The molecule has 1 N–H and O–H groups in total. The number of likely N-dealkylation sites (N-methyl/N-ethyl adjacent to an activating group) is 1. The van der Waals surface area contributed by atoms with Crippen molar-refractivity contribution in [1.29, 1.82) is 0 Å². The minimum atomic E-state index is 0.742. The molecule has 1 amide bonds. The van der Waals surface area contributed by atoms with Crippen LogP contribution in [0.15, 0.2) is 0 Å². The van der Waals surface area contributed by atoms with Crippen LogP contribution in [0.1, 0.15) is 13.3 Å². The number of hydrogen-bond acceptors (Lipinski definition) is 3. The number of amides is 1. The largest absolute Gasteiger partial charge is 0.383 e. The summed E-state index contributed by atoms with van der Waals surface area (Å²) in [6, 6.07) is 0. The average molecular weight is 188 g/mol. The highest BCUT2D eigenvalue weighted by Gasteiger charge is 2.00. The van der Waals surface area contributed by atoms with Gasteiger partial charge in [-0.05, 0) is 19.5 Å². The van der Waals surface area contributed by atoms with Gasteiger partial charge in [0.1, 0.15) is 0 Å². The van der Waals surface area contributed by atoms with Gasteiger partial charge < -0.3 is 15.0 Å². The van der Waals surface area contributed by atoms with Crippen molar-refractivity contribution in [3.63, 3.8) is 0 Å². The van der Waals surface area contributed by atoms with E-state index in [9.17, 15) is 4.79 Å². The highest BCUT2D eigenvalue weighted by molar-refractivity contribution is 5.45. The molecule has 0 rings (SSSR count). The number of nitrogens with one attached hydrogen (secondary N) is 1. The van der Waals surface area contributed by atoms with Gasteiger partial charge in [-0.25, -0.2) is 0 Å². The molecule has 0 aromatic rings. The number of carbonyl (C=O) groups excluding carboxylic acids is 1. The van der Waals surface area contributed by atoms with E-state index in [1.807, 2.05) is 0 Å². The van der Waals surface area contributed by atoms with Crippen LogP contribution in [0.4, 0.5) is 0 Å². The maximum atomic E-state index is 9.95. The Kier molecular flexibility index (Phi) is 9.03. The Balaban J connectivity index is 3.30. The van der Waals surface area contributed by atoms with Crippen LogP contribution in [0.3, 0.4) is 0 Å². The van der Waals surface area contributed by atoms with Gasteiger partial charge in [-0.1, -0.05) is 6.92 Å². The highest BCUT2D eigenvalue weighted by Crippen LogP contribution is 1.90. The lowest BCUT2D eigenvalue weighted by Crippen LogP contribution is -2.30. The van der Waals surface area contributed by atoms with Gasteiger partial charge >= 0.3 is 0 Å². The first-order valence-electron chi connectivity index (χ1n) is 4.73. The maximum absolute atomic E-state index is 9.95. The van der Waals surface area contributed by atoms with Gasteiger partial charge in [-0.2, -0.15) is 0 Å². The van der Waals surface area contributed by atoms with Crippen molar-refractivity contribution in [2.45, 2.75) is 13.3 Å². The molecule has 0 aliphatic rings. The topological polar surface area (TPSA) is 41.6 Å². The quantitative estimate of drug-likeness (QED) is 0.412. The van der Waals surface area contributed by atoms with Crippen LogP contribution in [0.5, 0.6) is 0 Å². The van der Waals surface area contributed by atoms with Gasteiger partial charge in [0.15, 0.2) is 0 Å². The first kappa shape index (κ1) is 12.4. The number of carbonyl (C=O) groups is 1. The Labute approximate surface area is 80.2 Å². The summed E-state index contributed by atoms with van der Waals surface area (Å²) in [6.07, 6.45) is 1.74. The Morgan fingerprint density at radius 2 is 2.23 bits per heavy atom. The SMILES string of the molecule is CCN(CCCNC=O)CCOC. The number of hydrogen-bond donors (Lipinski definition) is 1. The molecule has 0 radical (unpaired) electrons. The molecule has 13 heavy (non-hydrogen) atoms. The fourth-order valence-corrected chi connectivity index (χ4v) is 1.11. The predicted molar refractivity (Wildman–Crippen MR) is 52.7 cm³/mol. The molecule has 0 saturated heterocycles. The van der Waals surface area contributed by atoms with Crippen molar-refractivity contribution in [3.05, 3.63) is 0 Å². The number of rotatable bonds is 9. The van der Waals surface area contributed by atoms with Crippen LogP contribution < -0.4 is 5.32 Å². The van der Waals surface area contributed by atoms with Crippen molar-refractivity contribution in [3.8, 4) is 0 Å². The molecule has 0 spiro atoms. The van der Waals surface area contributed by atoms with Crippen LogP contribution >= 0.6 is 0 Å². The number of ether oxygens (including phenoxy) is 1. The van der Waals surface area contributed by atoms with E-state index in [1.54, 1.807) is 7.11 Å². The second-order valence-corrected chi connectivity index (χ2v) is 2.85. The molecular weight excluding hydrogens is 168 g/mol. The lowest BCUT2D eigenvalue weighted by molar-refractivity contribution is -0.109. The second-order valence-electron chi connectivity index (χ2n) is 2.85. The van der Waals surface area contributed by atoms with E-state index in [2.05, 4.69) is 17.1 Å². The third-order valence-electron chi connectivity index (χ3n) is 1.94. The summed E-state index contributed by atoms with van der Waals surface area (Å²) < 4.78 is 4.99. The van der Waals surface area contributed by atoms with Crippen molar-refractivity contribution < 1.29 is 9.53 Å². The van der Waals surface area contributed by atoms with E-state index in [1.165, 1.54) is 0 Å². The molecule has 4 nitrogen and oxygen atoms in total. The molecule has 0 atom stereocenters. The molecule has 0 aromatic carbocycles. The van der Waals surface area contributed by atoms with E-state index in [4.69, 9.17) is 4.74 Å². The van der Waals surface area contributed by atoms with Gasteiger partial charge in [0, 0.05) is 20.2 Å². The summed E-state index contributed by atoms with van der Waals surface area (Å²) in [7, 11) is 1.71. The molecule has 0 saturated carbocycles. The van der Waals surface area contributed by atoms with E-state index < -0.39 is 0 Å². The fraction of sp³-hybridized carbons (Fsp3) is 0.889. The Hall–Kier alpha value is -0.610. The van der Waals surface area contributed by atoms with Crippen LogP contribution in [-0.4, -0.2) is 51.2 Å². The molecule has 0 aliphatic carbocycles. The monoisotopic (exact) mass is 188 g/mol. The van der Waals surface area contributed by atoms with Gasteiger partial charge in [-0.3, -0.25) is 4.79 Å². The first-order chi connectivity index (χ1) is 6.35. The Morgan fingerprint density at radius 1 is 1.46 bits per heavy atom. The van der Waals surface area contributed by atoms with Gasteiger partial charge in [0.05, 0.1) is 6.61 Å². The maximum Gasteiger partial charge on any atom is 0.207 e. The van der Waals surface area contributed by atoms with Crippen LogP contribution in [0, 0.1) is 0 Å². The number of methoxy groups -OCH3 is 1. The van der Waals surface area contributed by atoms with Gasteiger partial charge in [0.25, 0.3) is 0 Å². The zero-order valence-electron chi connectivity index (χ0n) is 8.58. The molecule has 0 fully saturated rings. The highest BCUT2D eigenvalue weighted by atomic mass is 16.5. The minimum absolute atomic E-state index is 0.742. The molecule has 0 aliphatic heterocycles. The molecule has 0 aromatic heterocycles. The van der Waals surface area contributed by atoms with Crippen molar-refractivity contribution in [2.24, 2.45) is 0 Å².